The van der Waals surface area contributed by atoms with Crippen LogP contribution in [0.25, 0.3) is 0 Å². The van der Waals surface area contributed by atoms with Gasteiger partial charge in [0.15, 0.2) is 0 Å². The molecule has 0 bridgehead atoms. The molecule has 2 aliphatic heterocycles. The number of nitrogens with one attached hydrogen (secondary N) is 1. The number of rotatable bonds is 5. The lowest BCUT2D eigenvalue weighted by Crippen LogP contribution is -2.36. The molecule has 2 heterocycles. The van der Waals surface area contributed by atoms with E-state index in [2.05, 4.69) is 17.1 Å². The first-order chi connectivity index (χ1) is 9.90. The topological polar surface area (TPSA) is 73.0 Å². The van der Waals surface area contributed by atoms with E-state index in [1.54, 1.807) is 0 Å². The third-order valence-corrected chi connectivity index (χ3v) is 4.30. The Kier molecular flexibility index (Phi) is 4.82. The van der Waals surface area contributed by atoms with Crippen LogP contribution in [0.4, 0.5) is 4.79 Å². The molecule has 2 fully saturated rings. The Balaban J connectivity index is 1.75. The van der Waals surface area contributed by atoms with Gasteiger partial charge < -0.3 is 15.1 Å². The second-order valence-electron chi connectivity index (χ2n) is 6.11. The minimum atomic E-state index is -0.352. The van der Waals surface area contributed by atoms with Gasteiger partial charge >= 0.3 is 6.03 Å². The maximum atomic E-state index is 12.2. The highest BCUT2D eigenvalue weighted by molar-refractivity contribution is 6.01. The lowest BCUT2D eigenvalue weighted by atomic mass is 10.1. The van der Waals surface area contributed by atoms with Gasteiger partial charge in [0, 0.05) is 32.1 Å². The zero-order valence-corrected chi connectivity index (χ0v) is 13.0. The van der Waals surface area contributed by atoms with Gasteiger partial charge in [-0.25, -0.2) is 4.79 Å². The standard InChI is InChI=1S/C14H24N4O3/c1-10-8-17(9-11(10)16(2)3)12(19)5-4-6-18-13(20)7-15-14(18)21/h10-11H,4-9H2,1-3H3,(H,15,21)/t10-,11+/m0/s1. The van der Waals surface area contributed by atoms with E-state index in [9.17, 15) is 14.4 Å². The lowest BCUT2D eigenvalue weighted by molar-refractivity contribution is -0.131. The van der Waals surface area contributed by atoms with Gasteiger partial charge in [-0.15, -0.1) is 0 Å². The third kappa shape index (κ3) is 3.53. The number of nitrogens with zero attached hydrogens (tertiary/aromatic N) is 3. The molecule has 4 amide bonds. The largest absolute Gasteiger partial charge is 0.341 e. The van der Waals surface area contributed by atoms with Gasteiger partial charge in [-0.1, -0.05) is 6.92 Å². The molecule has 0 aromatic heterocycles. The Morgan fingerprint density at radius 1 is 1.33 bits per heavy atom. The summed E-state index contributed by atoms with van der Waals surface area (Å²) in [7, 11) is 4.07. The fraction of sp³-hybridized carbons (Fsp3) is 0.786. The number of imide groups is 1. The van der Waals surface area contributed by atoms with Gasteiger partial charge in [0.25, 0.3) is 0 Å². The molecule has 2 saturated heterocycles. The first kappa shape index (κ1) is 15.8. The summed E-state index contributed by atoms with van der Waals surface area (Å²) in [6.45, 7) is 4.09. The highest BCUT2D eigenvalue weighted by Gasteiger charge is 2.33. The van der Waals surface area contributed by atoms with E-state index in [0.29, 0.717) is 31.3 Å². The van der Waals surface area contributed by atoms with E-state index in [0.717, 1.165) is 13.1 Å². The number of urea groups is 1. The zero-order chi connectivity index (χ0) is 15.6. The predicted octanol–water partition coefficient (Wildman–Crippen LogP) is -0.273. The minimum absolute atomic E-state index is 0.0704. The summed E-state index contributed by atoms with van der Waals surface area (Å²) in [4.78, 5) is 40.2. The maximum absolute atomic E-state index is 12.2. The first-order valence-electron chi connectivity index (χ1n) is 7.42. The third-order valence-electron chi connectivity index (χ3n) is 4.30. The summed E-state index contributed by atoms with van der Waals surface area (Å²) in [5.74, 6) is 0.364. The molecule has 0 aliphatic carbocycles. The summed E-state index contributed by atoms with van der Waals surface area (Å²) >= 11 is 0. The molecule has 2 atom stereocenters. The molecule has 2 aliphatic rings. The number of likely N-dealkylation sites (N-methyl/N-ethyl adjacent to an activating group) is 1. The summed E-state index contributed by atoms with van der Waals surface area (Å²) in [6, 6.07) is 0.0507. The van der Waals surface area contributed by atoms with Crippen LogP contribution in [0.5, 0.6) is 0 Å². The van der Waals surface area contributed by atoms with Crippen molar-refractivity contribution in [3.63, 3.8) is 0 Å². The molecule has 0 aromatic rings. The van der Waals surface area contributed by atoms with Crippen LogP contribution in [0.2, 0.25) is 0 Å². The smallest absolute Gasteiger partial charge is 0.324 e. The summed E-state index contributed by atoms with van der Waals surface area (Å²) < 4.78 is 0. The van der Waals surface area contributed by atoms with Gasteiger partial charge in [-0.2, -0.15) is 0 Å². The van der Waals surface area contributed by atoms with E-state index in [-0.39, 0.29) is 24.4 Å². The van der Waals surface area contributed by atoms with Gasteiger partial charge in [0.2, 0.25) is 11.8 Å². The molecule has 7 heteroatoms. The predicted molar refractivity (Wildman–Crippen MR) is 77.6 cm³/mol. The van der Waals surface area contributed by atoms with Gasteiger partial charge in [0.1, 0.15) is 0 Å². The number of hydrogen-bond acceptors (Lipinski definition) is 4. The second kappa shape index (κ2) is 6.43. The molecule has 118 valence electrons. The van der Waals surface area contributed by atoms with Crippen LogP contribution in [0, 0.1) is 5.92 Å². The zero-order valence-electron chi connectivity index (χ0n) is 13.0. The summed E-state index contributed by atoms with van der Waals surface area (Å²) in [6.07, 6.45) is 0.902. The minimum Gasteiger partial charge on any atom is -0.341 e. The Hall–Kier alpha value is -1.63. The van der Waals surface area contributed by atoms with Crippen LogP contribution >= 0.6 is 0 Å². The first-order valence-corrected chi connectivity index (χ1v) is 7.42. The van der Waals surface area contributed by atoms with Crippen LogP contribution in [-0.4, -0.2) is 78.9 Å². The van der Waals surface area contributed by atoms with Crippen LogP contribution < -0.4 is 5.32 Å². The number of carbonyl (C=O) groups excluding carboxylic acids is 3. The van der Waals surface area contributed by atoms with Gasteiger partial charge in [-0.05, 0) is 26.4 Å². The van der Waals surface area contributed by atoms with Crippen LogP contribution in [0.3, 0.4) is 0 Å². The monoisotopic (exact) mass is 296 g/mol. The van der Waals surface area contributed by atoms with Crippen molar-refractivity contribution in [1.29, 1.82) is 0 Å². The average molecular weight is 296 g/mol. The van der Waals surface area contributed by atoms with Crippen molar-refractivity contribution in [1.82, 2.24) is 20.0 Å². The number of hydrogen-bond donors (Lipinski definition) is 1. The van der Waals surface area contributed by atoms with E-state index in [1.165, 1.54) is 4.90 Å². The van der Waals surface area contributed by atoms with Gasteiger partial charge in [0.05, 0.1) is 6.54 Å². The highest BCUT2D eigenvalue weighted by Crippen LogP contribution is 2.20. The Morgan fingerprint density at radius 3 is 2.57 bits per heavy atom. The summed E-state index contributed by atoms with van der Waals surface area (Å²) in [5, 5.41) is 2.47. The second-order valence-corrected chi connectivity index (χ2v) is 6.11. The lowest BCUT2D eigenvalue weighted by Gasteiger charge is -2.22. The van der Waals surface area contributed by atoms with Crippen molar-refractivity contribution < 1.29 is 14.4 Å². The molecule has 1 N–H and O–H groups in total. The molecule has 7 nitrogen and oxygen atoms in total. The van der Waals surface area contributed by atoms with Gasteiger partial charge in [-0.3, -0.25) is 14.5 Å². The summed E-state index contributed by atoms with van der Waals surface area (Å²) in [5.41, 5.74) is 0. The Bertz CT molecular complexity index is 422. The average Bonchev–Trinajstić information content (AvgIpc) is 2.95. The van der Waals surface area contributed by atoms with E-state index >= 15 is 0 Å². The van der Waals surface area contributed by atoms with E-state index in [1.807, 2.05) is 19.0 Å². The van der Waals surface area contributed by atoms with Crippen LogP contribution in [0.1, 0.15) is 19.8 Å². The molecule has 0 spiro atoms. The Morgan fingerprint density at radius 2 is 2.05 bits per heavy atom. The molecule has 0 radical (unpaired) electrons. The molecule has 0 aromatic carbocycles. The van der Waals surface area contributed by atoms with E-state index in [4.69, 9.17) is 0 Å². The van der Waals surface area contributed by atoms with E-state index < -0.39 is 0 Å². The van der Waals surface area contributed by atoms with Crippen LogP contribution in [-0.2, 0) is 9.59 Å². The maximum Gasteiger partial charge on any atom is 0.324 e. The van der Waals surface area contributed by atoms with Crippen LogP contribution in [0.15, 0.2) is 0 Å². The molecule has 0 saturated carbocycles. The number of likely N-dealkylation sites (tertiary alicyclic amines) is 1. The van der Waals surface area contributed by atoms with Crippen molar-refractivity contribution in [2.24, 2.45) is 5.92 Å². The normalized spacial score (nSPS) is 25.9. The van der Waals surface area contributed by atoms with Crippen molar-refractivity contribution in [2.45, 2.75) is 25.8 Å². The number of amides is 4. The molecule has 2 rings (SSSR count). The van der Waals surface area contributed by atoms with Crippen molar-refractivity contribution in [2.75, 3.05) is 40.3 Å². The molecular weight excluding hydrogens is 272 g/mol. The SMILES string of the molecule is C[C@H]1CN(C(=O)CCCN2C(=O)CNC2=O)C[C@H]1N(C)C. The van der Waals surface area contributed by atoms with Crippen molar-refractivity contribution in [3.05, 3.63) is 0 Å². The molecule has 0 unspecified atom stereocenters. The quantitative estimate of drug-likeness (QED) is 0.709. The molecule has 21 heavy (non-hydrogen) atoms. The fourth-order valence-electron chi connectivity index (χ4n) is 3.05. The fourth-order valence-corrected chi connectivity index (χ4v) is 3.05. The van der Waals surface area contributed by atoms with Crippen molar-refractivity contribution in [3.8, 4) is 0 Å². The highest BCUT2D eigenvalue weighted by atomic mass is 16.2. The Labute approximate surface area is 125 Å². The molecular formula is C14H24N4O3. The number of carbonyl (C=O) groups is 3. The van der Waals surface area contributed by atoms with Crippen molar-refractivity contribution >= 4 is 17.8 Å².